The number of carbonyl (C=O) groups excluding carboxylic acids is 1. The smallest absolute Gasteiger partial charge is 0.258 e. The van der Waals surface area contributed by atoms with Crippen molar-refractivity contribution in [2.45, 2.75) is 25.4 Å². The lowest BCUT2D eigenvalue weighted by Gasteiger charge is -2.32. The van der Waals surface area contributed by atoms with Gasteiger partial charge < -0.3 is 14.7 Å². The summed E-state index contributed by atoms with van der Waals surface area (Å²) in [7, 11) is 2.07. The van der Waals surface area contributed by atoms with Gasteiger partial charge in [-0.15, -0.1) is 0 Å². The van der Waals surface area contributed by atoms with Crippen molar-refractivity contribution < 1.29 is 13.6 Å². The Morgan fingerprint density at radius 3 is 2.41 bits per heavy atom. The average Bonchev–Trinajstić information content (AvgIpc) is 3.69. The van der Waals surface area contributed by atoms with Crippen molar-refractivity contribution in [1.29, 1.82) is 0 Å². The van der Waals surface area contributed by atoms with E-state index in [0.717, 1.165) is 44.6 Å². The molecule has 1 amide bonds. The normalized spacial score (nSPS) is 16.5. The molecule has 1 aromatic heterocycles. The van der Waals surface area contributed by atoms with Crippen molar-refractivity contribution in [1.82, 2.24) is 19.8 Å². The Bertz CT molecular complexity index is 1170. The van der Waals surface area contributed by atoms with Crippen molar-refractivity contribution in [2.75, 3.05) is 38.1 Å². The Morgan fingerprint density at radius 1 is 1.03 bits per heavy atom. The summed E-state index contributed by atoms with van der Waals surface area (Å²) in [6.45, 7) is 3.64. The van der Waals surface area contributed by atoms with Crippen LogP contribution < -0.4 is 4.90 Å². The first-order valence-electron chi connectivity index (χ1n) is 11.6. The van der Waals surface area contributed by atoms with Gasteiger partial charge in [0.1, 0.15) is 11.6 Å². The number of hydrogen-bond acceptors (Lipinski definition) is 5. The van der Waals surface area contributed by atoms with Crippen LogP contribution in [-0.4, -0.2) is 64.9 Å². The number of hydrogen-bond donors (Lipinski definition) is 0. The topological polar surface area (TPSA) is 52.6 Å². The van der Waals surface area contributed by atoms with Crippen molar-refractivity contribution in [3.63, 3.8) is 0 Å². The summed E-state index contributed by atoms with van der Waals surface area (Å²) >= 11 is 0. The Labute approximate surface area is 197 Å². The van der Waals surface area contributed by atoms with E-state index in [9.17, 15) is 13.6 Å². The molecule has 8 heteroatoms. The van der Waals surface area contributed by atoms with Gasteiger partial charge in [-0.1, -0.05) is 24.3 Å². The van der Waals surface area contributed by atoms with E-state index in [2.05, 4.69) is 21.8 Å². The minimum absolute atomic E-state index is 0.100. The fraction of sp³-hybridized carbons (Fsp3) is 0.346. The van der Waals surface area contributed by atoms with E-state index in [0.29, 0.717) is 18.2 Å². The highest BCUT2D eigenvalue weighted by Gasteiger charge is 2.35. The molecular weight excluding hydrogens is 436 g/mol. The quantitative estimate of drug-likeness (QED) is 0.554. The number of likely N-dealkylation sites (N-methyl/N-ethyl adjacent to an activating group) is 1. The van der Waals surface area contributed by atoms with Crippen LogP contribution in [0, 0.1) is 11.6 Å². The summed E-state index contributed by atoms with van der Waals surface area (Å²) < 4.78 is 28.2. The lowest BCUT2D eigenvalue weighted by Crippen LogP contribution is -2.45. The maximum Gasteiger partial charge on any atom is 0.258 e. The van der Waals surface area contributed by atoms with E-state index in [1.54, 1.807) is 35.2 Å². The van der Waals surface area contributed by atoms with Crippen LogP contribution in [-0.2, 0) is 6.54 Å². The molecule has 2 aromatic carbocycles. The second kappa shape index (κ2) is 9.46. The Balaban J connectivity index is 1.51. The van der Waals surface area contributed by atoms with Gasteiger partial charge in [0.15, 0.2) is 0 Å². The minimum atomic E-state index is -0.434. The number of rotatable bonds is 6. The molecule has 0 unspecified atom stereocenters. The Morgan fingerprint density at radius 2 is 1.74 bits per heavy atom. The highest BCUT2D eigenvalue weighted by atomic mass is 19.1. The summed E-state index contributed by atoms with van der Waals surface area (Å²) in [6.07, 6.45) is 3.34. The maximum absolute atomic E-state index is 14.9. The van der Waals surface area contributed by atoms with E-state index in [-0.39, 0.29) is 28.9 Å². The second-order valence-electron chi connectivity index (χ2n) is 8.99. The summed E-state index contributed by atoms with van der Waals surface area (Å²) in [5.41, 5.74) is 1.69. The summed E-state index contributed by atoms with van der Waals surface area (Å²) in [4.78, 5) is 29.1. The fourth-order valence-corrected chi connectivity index (χ4v) is 4.24. The molecule has 34 heavy (non-hydrogen) atoms. The number of anilines is 1. The molecule has 1 aliphatic heterocycles. The summed E-state index contributed by atoms with van der Waals surface area (Å²) in [6, 6.07) is 12.6. The fourth-order valence-electron chi connectivity index (χ4n) is 4.24. The van der Waals surface area contributed by atoms with Crippen LogP contribution >= 0.6 is 0 Å². The number of amides is 1. The number of aromatic nitrogens is 2. The van der Waals surface area contributed by atoms with Crippen molar-refractivity contribution in [3.05, 3.63) is 77.5 Å². The standard InChI is InChI=1S/C26H27F2N5O/c1-31-12-14-32(15-13-31)26-29-16-22(24(30-26)21-4-2-3-5-23(21)28)25(34)33(20-10-11-20)17-18-6-8-19(27)9-7-18/h2-9,16,20H,10-15,17H2,1H3. The van der Waals surface area contributed by atoms with Gasteiger partial charge in [-0.2, -0.15) is 0 Å². The monoisotopic (exact) mass is 463 g/mol. The number of halogens is 2. The molecule has 1 aliphatic carbocycles. The van der Waals surface area contributed by atoms with Gasteiger partial charge in [0.05, 0.1) is 11.3 Å². The number of carbonyl (C=O) groups is 1. The molecule has 176 valence electrons. The van der Waals surface area contributed by atoms with Gasteiger partial charge in [-0.05, 0) is 49.7 Å². The molecule has 3 aromatic rings. The largest absolute Gasteiger partial charge is 0.338 e. The zero-order chi connectivity index (χ0) is 23.7. The van der Waals surface area contributed by atoms with Crippen LogP contribution in [0.2, 0.25) is 0 Å². The lowest BCUT2D eigenvalue weighted by molar-refractivity contribution is 0.0730. The van der Waals surface area contributed by atoms with Gasteiger partial charge in [0, 0.05) is 50.5 Å². The Hall–Kier alpha value is -3.39. The first-order chi connectivity index (χ1) is 16.5. The molecule has 2 heterocycles. The molecule has 2 fully saturated rings. The van der Waals surface area contributed by atoms with Crippen molar-refractivity contribution in [3.8, 4) is 11.3 Å². The van der Waals surface area contributed by atoms with Crippen LogP contribution in [0.5, 0.6) is 0 Å². The van der Waals surface area contributed by atoms with E-state index in [1.807, 2.05) is 0 Å². The molecule has 0 N–H and O–H groups in total. The van der Waals surface area contributed by atoms with Crippen LogP contribution in [0.1, 0.15) is 28.8 Å². The van der Waals surface area contributed by atoms with E-state index in [1.165, 1.54) is 24.4 Å². The lowest BCUT2D eigenvalue weighted by atomic mass is 10.0. The van der Waals surface area contributed by atoms with Crippen molar-refractivity contribution in [2.24, 2.45) is 0 Å². The molecule has 0 radical (unpaired) electrons. The van der Waals surface area contributed by atoms with Gasteiger partial charge in [-0.3, -0.25) is 4.79 Å². The predicted octanol–water partition coefficient (Wildman–Crippen LogP) is 3.98. The third-order valence-electron chi connectivity index (χ3n) is 6.44. The SMILES string of the molecule is CN1CCN(c2ncc(C(=O)N(Cc3ccc(F)cc3)C3CC3)c(-c3ccccc3F)n2)CC1. The molecule has 1 saturated heterocycles. The first kappa shape index (κ1) is 22.4. The van der Waals surface area contributed by atoms with Gasteiger partial charge in [0.2, 0.25) is 5.95 Å². The van der Waals surface area contributed by atoms with Crippen LogP contribution in [0.15, 0.2) is 54.7 Å². The predicted molar refractivity (Wildman–Crippen MR) is 126 cm³/mol. The number of piperazine rings is 1. The highest BCUT2D eigenvalue weighted by Crippen LogP contribution is 2.33. The van der Waals surface area contributed by atoms with Gasteiger partial charge >= 0.3 is 0 Å². The molecular formula is C26H27F2N5O. The maximum atomic E-state index is 14.9. The van der Waals surface area contributed by atoms with E-state index >= 15 is 0 Å². The molecule has 0 atom stereocenters. The zero-order valence-corrected chi connectivity index (χ0v) is 19.1. The highest BCUT2D eigenvalue weighted by molar-refractivity contribution is 6.00. The minimum Gasteiger partial charge on any atom is -0.338 e. The molecule has 0 spiro atoms. The van der Waals surface area contributed by atoms with Gasteiger partial charge in [-0.25, -0.2) is 18.7 Å². The van der Waals surface area contributed by atoms with Gasteiger partial charge in [0.25, 0.3) is 5.91 Å². The third kappa shape index (κ3) is 4.77. The molecule has 1 saturated carbocycles. The first-order valence-corrected chi connectivity index (χ1v) is 11.6. The molecule has 2 aliphatic rings. The molecule has 5 rings (SSSR count). The third-order valence-corrected chi connectivity index (χ3v) is 6.44. The average molecular weight is 464 g/mol. The van der Waals surface area contributed by atoms with Crippen LogP contribution in [0.25, 0.3) is 11.3 Å². The summed E-state index contributed by atoms with van der Waals surface area (Å²) in [5, 5.41) is 0. The van der Waals surface area contributed by atoms with Crippen LogP contribution in [0.4, 0.5) is 14.7 Å². The van der Waals surface area contributed by atoms with E-state index < -0.39 is 5.82 Å². The van der Waals surface area contributed by atoms with E-state index in [4.69, 9.17) is 4.98 Å². The van der Waals surface area contributed by atoms with Crippen LogP contribution in [0.3, 0.4) is 0 Å². The molecule has 6 nitrogen and oxygen atoms in total. The van der Waals surface area contributed by atoms with Crippen molar-refractivity contribution >= 4 is 11.9 Å². The number of benzene rings is 2. The summed E-state index contributed by atoms with van der Waals surface area (Å²) in [5.74, 6) is -0.492. The molecule has 0 bridgehead atoms. The second-order valence-corrected chi connectivity index (χ2v) is 8.99. The zero-order valence-electron chi connectivity index (χ0n) is 19.1. The Kier molecular flexibility index (Phi) is 6.24. The number of nitrogens with zero attached hydrogens (tertiary/aromatic N) is 5.